The molecule has 2 N–H and O–H groups in total. The maximum Gasteiger partial charge on any atom is 0.123 e. The van der Waals surface area contributed by atoms with Crippen molar-refractivity contribution < 1.29 is 4.74 Å². The number of rotatable bonds is 2. The van der Waals surface area contributed by atoms with Crippen LogP contribution >= 0.6 is 12.4 Å². The molecule has 0 aromatic heterocycles. The summed E-state index contributed by atoms with van der Waals surface area (Å²) in [5, 5.41) is 6.83. The van der Waals surface area contributed by atoms with Crippen molar-refractivity contribution in [1.82, 2.24) is 10.6 Å². The first-order valence-corrected chi connectivity index (χ1v) is 4.99. The minimum atomic E-state index is 0. The topological polar surface area (TPSA) is 33.3 Å². The lowest BCUT2D eigenvalue weighted by atomic mass is 10.0. The van der Waals surface area contributed by atoms with Crippen LogP contribution in [-0.4, -0.2) is 26.7 Å². The van der Waals surface area contributed by atoms with E-state index in [1.165, 1.54) is 5.56 Å². The number of halogens is 1. The zero-order chi connectivity index (χ0) is 9.80. The zero-order valence-electron chi connectivity index (χ0n) is 8.82. The van der Waals surface area contributed by atoms with E-state index in [0.29, 0.717) is 6.04 Å². The molecule has 1 aliphatic heterocycles. The van der Waals surface area contributed by atoms with E-state index in [1.54, 1.807) is 7.11 Å². The summed E-state index contributed by atoms with van der Waals surface area (Å²) in [6.45, 7) is 3.04. The van der Waals surface area contributed by atoms with Gasteiger partial charge in [0.2, 0.25) is 0 Å². The molecule has 1 atom stereocenters. The zero-order valence-corrected chi connectivity index (χ0v) is 9.64. The predicted molar refractivity (Wildman–Crippen MR) is 63.9 cm³/mol. The second-order valence-electron chi connectivity index (χ2n) is 3.45. The summed E-state index contributed by atoms with van der Waals surface area (Å²) < 4.78 is 5.33. The van der Waals surface area contributed by atoms with Gasteiger partial charge < -0.3 is 15.4 Å². The molecule has 1 aromatic rings. The smallest absolute Gasteiger partial charge is 0.123 e. The molecular formula is C11H17ClN2O. The Hall–Kier alpha value is -0.770. The predicted octanol–water partition coefficient (Wildman–Crippen LogP) is 1.35. The number of piperazine rings is 1. The van der Waals surface area contributed by atoms with Crippen LogP contribution in [0.25, 0.3) is 0 Å². The molecule has 0 amide bonds. The minimum absolute atomic E-state index is 0. The quantitative estimate of drug-likeness (QED) is 0.802. The van der Waals surface area contributed by atoms with Crippen molar-refractivity contribution in [3.05, 3.63) is 29.8 Å². The first kappa shape index (κ1) is 12.3. The summed E-state index contributed by atoms with van der Waals surface area (Å²) >= 11 is 0. The lowest BCUT2D eigenvalue weighted by Gasteiger charge is -2.26. The lowest BCUT2D eigenvalue weighted by Crippen LogP contribution is -2.42. The molecule has 0 aliphatic carbocycles. The van der Waals surface area contributed by atoms with Crippen LogP contribution in [0.2, 0.25) is 0 Å². The molecule has 84 valence electrons. The van der Waals surface area contributed by atoms with E-state index < -0.39 is 0 Å². The average Bonchev–Trinajstić information content (AvgIpc) is 2.30. The molecule has 1 fully saturated rings. The largest absolute Gasteiger partial charge is 0.496 e. The van der Waals surface area contributed by atoms with Crippen LogP contribution in [0.1, 0.15) is 11.6 Å². The van der Waals surface area contributed by atoms with Gasteiger partial charge >= 0.3 is 0 Å². The van der Waals surface area contributed by atoms with Crippen molar-refractivity contribution in [1.29, 1.82) is 0 Å². The van der Waals surface area contributed by atoms with Gasteiger partial charge in [-0.3, -0.25) is 0 Å². The highest BCUT2D eigenvalue weighted by molar-refractivity contribution is 5.85. The number of benzene rings is 1. The van der Waals surface area contributed by atoms with Crippen LogP contribution in [0.5, 0.6) is 5.75 Å². The molecule has 4 heteroatoms. The standard InChI is InChI=1S/C11H16N2O.ClH/c1-14-11-5-3-2-4-9(11)10-8-12-6-7-13-10;/h2-5,10,12-13H,6-8H2,1H3;1H/t10-;/m1./s1. The van der Waals surface area contributed by atoms with Gasteiger partial charge in [0, 0.05) is 31.2 Å². The number of hydrogen-bond donors (Lipinski definition) is 2. The van der Waals surface area contributed by atoms with Crippen molar-refractivity contribution in [2.75, 3.05) is 26.7 Å². The fraction of sp³-hybridized carbons (Fsp3) is 0.455. The van der Waals surface area contributed by atoms with Crippen molar-refractivity contribution in [3.8, 4) is 5.75 Å². The molecule has 1 heterocycles. The fourth-order valence-corrected chi connectivity index (χ4v) is 1.83. The highest BCUT2D eigenvalue weighted by atomic mass is 35.5. The fourth-order valence-electron chi connectivity index (χ4n) is 1.83. The maximum absolute atomic E-state index is 5.33. The van der Waals surface area contributed by atoms with Gasteiger partial charge in [-0.15, -0.1) is 12.4 Å². The SMILES string of the molecule is COc1ccccc1[C@H]1CNCCN1.Cl. The van der Waals surface area contributed by atoms with Crippen LogP contribution in [0.4, 0.5) is 0 Å². The van der Waals surface area contributed by atoms with Crippen LogP contribution in [0.3, 0.4) is 0 Å². The van der Waals surface area contributed by atoms with E-state index in [4.69, 9.17) is 4.74 Å². The summed E-state index contributed by atoms with van der Waals surface area (Å²) in [5.74, 6) is 0.966. The molecule has 0 radical (unpaired) electrons. The molecular weight excluding hydrogens is 212 g/mol. The monoisotopic (exact) mass is 228 g/mol. The van der Waals surface area contributed by atoms with Crippen molar-refractivity contribution in [2.45, 2.75) is 6.04 Å². The summed E-state index contributed by atoms with van der Waals surface area (Å²) in [6.07, 6.45) is 0. The first-order valence-electron chi connectivity index (χ1n) is 4.99. The van der Waals surface area contributed by atoms with Gasteiger partial charge in [-0.25, -0.2) is 0 Å². The Kier molecular flexibility index (Phi) is 4.88. The summed E-state index contributed by atoms with van der Waals surface area (Å²) in [6, 6.07) is 8.54. The Bertz CT molecular complexity index is 300. The average molecular weight is 229 g/mol. The van der Waals surface area contributed by atoms with E-state index in [1.807, 2.05) is 18.2 Å². The molecule has 15 heavy (non-hydrogen) atoms. The Morgan fingerprint density at radius 1 is 1.27 bits per heavy atom. The molecule has 0 unspecified atom stereocenters. The number of para-hydroxylation sites is 1. The second kappa shape index (κ2) is 5.95. The lowest BCUT2D eigenvalue weighted by molar-refractivity contribution is 0.382. The van der Waals surface area contributed by atoms with E-state index >= 15 is 0 Å². The van der Waals surface area contributed by atoms with E-state index in [2.05, 4.69) is 16.7 Å². The molecule has 0 spiro atoms. The van der Waals surface area contributed by atoms with Gasteiger partial charge in [-0.2, -0.15) is 0 Å². The number of ether oxygens (including phenoxy) is 1. The third-order valence-corrected chi connectivity index (χ3v) is 2.56. The molecule has 2 rings (SSSR count). The van der Waals surface area contributed by atoms with Gasteiger partial charge in [0.1, 0.15) is 5.75 Å². The van der Waals surface area contributed by atoms with Crippen LogP contribution in [0.15, 0.2) is 24.3 Å². The number of methoxy groups -OCH3 is 1. The number of hydrogen-bond acceptors (Lipinski definition) is 3. The van der Waals surface area contributed by atoms with E-state index in [0.717, 1.165) is 25.4 Å². The van der Waals surface area contributed by atoms with E-state index in [-0.39, 0.29) is 12.4 Å². The van der Waals surface area contributed by atoms with Gasteiger partial charge in [0.05, 0.1) is 7.11 Å². The molecule has 1 aliphatic rings. The normalized spacial score (nSPS) is 20.5. The summed E-state index contributed by atoms with van der Waals surface area (Å²) in [7, 11) is 1.72. The second-order valence-corrected chi connectivity index (χ2v) is 3.45. The van der Waals surface area contributed by atoms with Crippen molar-refractivity contribution >= 4 is 12.4 Å². The summed E-state index contributed by atoms with van der Waals surface area (Å²) in [4.78, 5) is 0. The van der Waals surface area contributed by atoms with Crippen LogP contribution < -0.4 is 15.4 Å². The molecule has 0 saturated carbocycles. The van der Waals surface area contributed by atoms with E-state index in [9.17, 15) is 0 Å². The third-order valence-electron chi connectivity index (χ3n) is 2.56. The first-order chi connectivity index (χ1) is 6.92. The molecule has 3 nitrogen and oxygen atoms in total. The van der Waals surface area contributed by atoms with Crippen molar-refractivity contribution in [2.24, 2.45) is 0 Å². The van der Waals surface area contributed by atoms with Crippen molar-refractivity contribution in [3.63, 3.8) is 0 Å². The van der Waals surface area contributed by atoms with Gasteiger partial charge in [-0.05, 0) is 6.07 Å². The Morgan fingerprint density at radius 2 is 2.07 bits per heavy atom. The van der Waals surface area contributed by atoms with Gasteiger partial charge in [-0.1, -0.05) is 18.2 Å². The highest BCUT2D eigenvalue weighted by Gasteiger charge is 2.17. The van der Waals surface area contributed by atoms with Crippen LogP contribution in [0, 0.1) is 0 Å². The van der Waals surface area contributed by atoms with Gasteiger partial charge in [0.15, 0.2) is 0 Å². The third kappa shape index (κ3) is 2.84. The number of nitrogens with one attached hydrogen (secondary N) is 2. The highest BCUT2D eigenvalue weighted by Crippen LogP contribution is 2.24. The van der Waals surface area contributed by atoms with Crippen LogP contribution in [-0.2, 0) is 0 Å². The molecule has 0 bridgehead atoms. The molecule has 1 aromatic carbocycles. The molecule has 1 saturated heterocycles. The summed E-state index contributed by atoms with van der Waals surface area (Å²) in [5.41, 5.74) is 1.24. The van der Waals surface area contributed by atoms with Gasteiger partial charge in [0.25, 0.3) is 0 Å². The minimum Gasteiger partial charge on any atom is -0.496 e. The maximum atomic E-state index is 5.33. The Morgan fingerprint density at radius 3 is 2.73 bits per heavy atom. The Balaban J connectivity index is 0.00000112. The Labute approximate surface area is 96.6 Å².